The number of aromatic nitrogens is 2. The van der Waals surface area contributed by atoms with Gasteiger partial charge in [0.15, 0.2) is 0 Å². The van der Waals surface area contributed by atoms with Gasteiger partial charge in [-0.1, -0.05) is 12.1 Å². The predicted octanol–water partition coefficient (Wildman–Crippen LogP) is 1.59. The van der Waals surface area contributed by atoms with Crippen molar-refractivity contribution >= 4 is 16.8 Å². The first-order chi connectivity index (χ1) is 11.7. The number of fused-ring (bicyclic) bond motifs is 1. The molecular formula is C18H24N4O2. The number of rotatable bonds is 5. The van der Waals surface area contributed by atoms with E-state index in [-0.39, 0.29) is 17.5 Å². The van der Waals surface area contributed by atoms with Crippen molar-refractivity contribution in [2.24, 2.45) is 5.73 Å². The van der Waals surface area contributed by atoms with Crippen LogP contribution in [0.1, 0.15) is 37.9 Å². The molecule has 1 atom stereocenters. The maximum atomic E-state index is 12.4. The average molecular weight is 328 g/mol. The summed E-state index contributed by atoms with van der Waals surface area (Å²) in [5.41, 5.74) is 6.35. The van der Waals surface area contributed by atoms with Gasteiger partial charge < -0.3 is 15.6 Å². The molecule has 1 aromatic carbocycles. The van der Waals surface area contributed by atoms with Gasteiger partial charge in [-0.05, 0) is 37.8 Å². The largest absolute Gasteiger partial charge is 0.338 e. The molecule has 0 radical (unpaired) electrons. The summed E-state index contributed by atoms with van der Waals surface area (Å²) in [5, 5.41) is 0.594. The maximum absolute atomic E-state index is 12.4. The first-order valence-electron chi connectivity index (χ1n) is 8.66. The zero-order valence-corrected chi connectivity index (χ0v) is 13.8. The third kappa shape index (κ3) is 3.64. The van der Waals surface area contributed by atoms with Gasteiger partial charge in [-0.15, -0.1) is 0 Å². The van der Waals surface area contributed by atoms with Crippen molar-refractivity contribution in [3.05, 3.63) is 40.4 Å². The van der Waals surface area contributed by atoms with Crippen LogP contribution in [0.25, 0.3) is 10.9 Å². The number of aryl methyl sites for hydroxylation is 1. The van der Waals surface area contributed by atoms with E-state index in [1.807, 2.05) is 23.1 Å². The Hall–Kier alpha value is -2.21. The summed E-state index contributed by atoms with van der Waals surface area (Å²) < 4.78 is 0. The standard InChI is InChI=1S/C18H24N4O2/c19-12-13-6-3-4-11-22(13)17(23)10-5-9-16-20-15-8-2-1-7-14(15)18(24)21-16/h1-2,7-8,13H,3-6,9-12,19H2,(H,20,21,24). The summed E-state index contributed by atoms with van der Waals surface area (Å²) in [6.07, 6.45) is 4.94. The number of carbonyl (C=O) groups excluding carboxylic acids is 1. The number of amides is 1. The van der Waals surface area contributed by atoms with Gasteiger partial charge in [-0.25, -0.2) is 4.98 Å². The van der Waals surface area contributed by atoms with Crippen LogP contribution in [0.3, 0.4) is 0 Å². The van der Waals surface area contributed by atoms with Crippen LogP contribution in [0.5, 0.6) is 0 Å². The first kappa shape index (κ1) is 16.6. The number of para-hydroxylation sites is 1. The summed E-state index contributed by atoms with van der Waals surface area (Å²) >= 11 is 0. The van der Waals surface area contributed by atoms with Crippen LogP contribution in [0.4, 0.5) is 0 Å². The molecule has 1 fully saturated rings. The van der Waals surface area contributed by atoms with E-state index in [0.29, 0.717) is 42.5 Å². The number of nitrogens with one attached hydrogen (secondary N) is 1. The predicted molar refractivity (Wildman–Crippen MR) is 93.7 cm³/mol. The lowest BCUT2D eigenvalue weighted by molar-refractivity contribution is -0.134. The zero-order chi connectivity index (χ0) is 16.9. The van der Waals surface area contributed by atoms with Crippen LogP contribution in [-0.2, 0) is 11.2 Å². The molecule has 128 valence electrons. The Kier molecular flexibility index (Phi) is 5.25. The molecule has 0 spiro atoms. The summed E-state index contributed by atoms with van der Waals surface area (Å²) in [7, 11) is 0. The van der Waals surface area contributed by atoms with Crippen molar-refractivity contribution in [3.63, 3.8) is 0 Å². The van der Waals surface area contributed by atoms with E-state index in [1.54, 1.807) is 6.07 Å². The van der Waals surface area contributed by atoms with E-state index in [9.17, 15) is 9.59 Å². The number of H-pyrrole nitrogens is 1. The molecule has 1 unspecified atom stereocenters. The monoisotopic (exact) mass is 328 g/mol. The van der Waals surface area contributed by atoms with Crippen molar-refractivity contribution in [2.75, 3.05) is 13.1 Å². The molecule has 2 heterocycles. The summed E-state index contributed by atoms with van der Waals surface area (Å²) in [6, 6.07) is 7.47. The fourth-order valence-electron chi connectivity index (χ4n) is 3.38. The number of nitrogens with two attached hydrogens (primary N) is 1. The maximum Gasteiger partial charge on any atom is 0.258 e. The lowest BCUT2D eigenvalue weighted by Crippen LogP contribution is -2.47. The van der Waals surface area contributed by atoms with Crippen LogP contribution >= 0.6 is 0 Å². The first-order valence-corrected chi connectivity index (χ1v) is 8.66. The molecule has 1 saturated heterocycles. The fraction of sp³-hybridized carbons (Fsp3) is 0.500. The molecule has 3 N–H and O–H groups in total. The number of nitrogens with zero attached hydrogens (tertiary/aromatic N) is 2. The van der Waals surface area contributed by atoms with E-state index in [0.717, 1.165) is 25.8 Å². The second-order valence-corrected chi connectivity index (χ2v) is 6.36. The van der Waals surface area contributed by atoms with E-state index in [1.165, 1.54) is 0 Å². The molecule has 1 amide bonds. The van der Waals surface area contributed by atoms with E-state index >= 15 is 0 Å². The molecular weight excluding hydrogens is 304 g/mol. The molecule has 2 aromatic rings. The smallest absolute Gasteiger partial charge is 0.258 e. The molecule has 1 aromatic heterocycles. The molecule has 0 saturated carbocycles. The summed E-state index contributed by atoms with van der Waals surface area (Å²) in [4.78, 5) is 33.7. The third-order valence-corrected chi connectivity index (χ3v) is 4.69. The molecule has 6 heteroatoms. The van der Waals surface area contributed by atoms with Crippen molar-refractivity contribution in [3.8, 4) is 0 Å². The Morgan fingerprint density at radius 2 is 2.17 bits per heavy atom. The molecule has 3 rings (SSSR count). The molecule has 0 bridgehead atoms. The zero-order valence-electron chi connectivity index (χ0n) is 13.8. The lowest BCUT2D eigenvalue weighted by Gasteiger charge is -2.35. The summed E-state index contributed by atoms with van der Waals surface area (Å²) in [5.74, 6) is 0.800. The number of piperidine rings is 1. The van der Waals surface area contributed by atoms with Crippen molar-refractivity contribution in [1.82, 2.24) is 14.9 Å². The molecule has 6 nitrogen and oxygen atoms in total. The number of carbonyl (C=O) groups is 1. The SMILES string of the molecule is NCC1CCCCN1C(=O)CCCc1nc2ccccc2c(=O)[nH]1. The molecule has 1 aliphatic rings. The topological polar surface area (TPSA) is 92.1 Å². The molecule has 1 aliphatic heterocycles. The lowest BCUT2D eigenvalue weighted by atomic mass is 10.0. The van der Waals surface area contributed by atoms with Crippen molar-refractivity contribution < 1.29 is 4.79 Å². The van der Waals surface area contributed by atoms with Gasteiger partial charge in [-0.3, -0.25) is 9.59 Å². The van der Waals surface area contributed by atoms with E-state index in [4.69, 9.17) is 5.73 Å². The Labute approximate surface area is 141 Å². The number of aromatic amines is 1. The molecule has 24 heavy (non-hydrogen) atoms. The Morgan fingerprint density at radius 1 is 1.33 bits per heavy atom. The van der Waals surface area contributed by atoms with Crippen LogP contribution in [-0.4, -0.2) is 39.9 Å². The van der Waals surface area contributed by atoms with Gasteiger partial charge in [0.05, 0.1) is 10.9 Å². The quantitative estimate of drug-likeness (QED) is 0.872. The Morgan fingerprint density at radius 3 is 3.00 bits per heavy atom. The van der Waals surface area contributed by atoms with Crippen LogP contribution in [0, 0.1) is 0 Å². The van der Waals surface area contributed by atoms with E-state index in [2.05, 4.69) is 9.97 Å². The van der Waals surface area contributed by atoms with Crippen LogP contribution in [0.15, 0.2) is 29.1 Å². The number of benzene rings is 1. The van der Waals surface area contributed by atoms with Gasteiger partial charge in [0.1, 0.15) is 5.82 Å². The van der Waals surface area contributed by atoms with E-state index < -0.39 is 0 Å². The number of hydrogen-bond donors (Lipinski definition) is 2. The highest BCUT2D eigenvalue weighted by Crippen LogP contribution is 2.18. The van der Waals surface area contributed by atoms with Gasteiger partial charge in [-0.2, -0.15) is 0 Å². The average Bonchev–Trinajstić information content (AvgIpc) is 2.61. The minimum Gasteiger partial charge on any atom is -0.338 e. The summed E-state index contributed by atoms with van der Waals surface area (Å²) in [6.45, 7) is 1.34. The minimum absolute atomic E-state index is 0.124. The van der Waals surface area contributed by atoms with Gasteiger partial charge in [0.2, 0.25) is 5.91 Å². The number of hydrogen-bond acceptors (Lipinski definition) is 4. The van der Waals surface area contributed by atoms with Crippen LogP contribution in [0.2, 0.25) is 0 Å². The van der Waals surface area contributed by atoms with Gasteiger partial charge in [0.25, 0.3) is 5.56 Å². The molecule has 0 aliphatic carbocycles. The minimum atomic E-state index is -0.124. The normalized spacial score (nSPS) is 18.0. The van der Waals surface area contributed by atoms with Crippen LogP contribution < -0.4 is 11.3 Å². The van der Waals surface area contributed by atoms with Gasteiger partial charge >= 0.3 is 0 Å². The Bertz CT molecular complexity index is 771. The highest BCUT2D eigenvalue weighted by Gasteiger charge is 2.24. The van der Waals surface area contributed by atoms with Crippen molar-refractivity contribution in [1.29, 1.82) is 0 Å². The number of likely N-dealkylation sites (tertiary alicyclic amines) is 1. The fourth-order valence-corrected chi connectivity index (χ4v) is 3.38. The highest BCUT2D eigenvalue weighted by atomic mass is 16.2. The second kappa shape index (κ2) is 7.57. The highest BCUT2D eigenvalue weighted by molar-refractivity contribution is 5.77. The second-order valence-electron chi connectivity index (χ2n) is 6.36. The van der Waals surface area contributed by atoms with Gasteiger partial charge in [0, 0.05) is 32.0 Å². The van der Waals surface area contributed by atoms with Crippen molar-refractivity contribution in [2.45, 2.75) is 44.6 Å². The third-order valence-electron chi connectivity index (χ3n) is 4.69. The Balaban J connectivity index is 1.60.